The molecular weight excluding hydrogens is 220 g/mol. The van der Waals surface area contributed by atoms with Gasteiger partial charge in [-0.3, -0.25) is 4.79 Å². The first-order valence-electron chi connectivity index (χ1n) is 7.40. The highest BCUT2D eigenvalue weighted by Crippen LogP contribution is 2.12. The van der Waals surface area contributed by atoms with Crippen molar-refractivity contribution in [3.8, 4) is 0 Å². The molecule has 0 amide bonds. The van der Waals surface area contributed by atoms with Gasteiger partial charge in [-0.25, -0.2) is 0 Å². The number of rotatable bonds is 9. The SMILES string of the molecule is CCCCCCCC(=O)c1ccc(CCC)cc1. The third-order valence-corrected chi connectivity index (χ3v) is 3.32. The first kappa shape index (κ1) is 14.9. The predicted octanol–water partition coefficient (Wildman–Crippen LogP) is 5.18. The normalized spacial score (nSPS) is 10.6. The van der Waals surface area contributed by atoms with Crippen LogP contribution < -0.4 is 0 Å². The second-order valence-electron chi connectivity index (χ2n) is 5.03. The number of carbonyl (C=O) groups excluding carboxylic acids is 1. The predicted molar refractivity (Wildman–Crippen MR) is 78.1 cm³/mol. The van der Waals surface area contributed by atoms with Gasteiger partial charge in [0.25, 0.3) is 0 Å². The van der Waals surface area contributed by atoms with Gasteiger partial charge in [0.2, 0.25) is 0 Å². The number of unbranched alkanes of at least 4 members (excludes halogenated alkanes) is 4. The van der Waals surface area contributed by atoms with Crippen LogP contribution >= 0.6 is 0 Å². The number of Topliss-reactive ketones (excluding diaryl/α,β-unsaturated/α-hetero) is 1. The van der Waals surface area contributed by atoms with Crippen LogP contribution in [0.25, 0.3) is 0 Å². The molecule has 1 aromatic rings. The number of carbonyl (C=O) groups is 1. The van der Waals surface area contributed by atoms with E-state index in [9.17, 15) is 4.79 Å². The van der Waals surface area contributed by atoms with Gasteiger partial charge in [-0.05, 0) is 18.4 Å². The Morgan fingerprint density at radius 2 is 1.56 bits per heavy atom. The van der Waals surface area contributed by atoms with Crippen molar-refractivity contribution >= 4 is 5.78 Å². The molecule has 0 saturated heterocycles. The van der Waals surface area contributed by atoms with E-state index in [4.69, 9.17) is 0 Å². The van der Waals surface area contributed by atoms with Gasteiger partial charge in [0.15, 0.2) is 5.78 Å². The van der Waals surface area contributed by atoms with Crippen LogP contribution in [0.2, 0.25) is 0 Å². The van der Waals surface area contributed by atoms with E-state index >= 15 is 0 Å². The topological polar surface area (TPSA) is 17.1 Å². The van der Waals surface area contributed by atoms with E-state index in [1.54, 1.807) is 0 Å². The summed E-state index contributed by atoms with van der Waals surface area (Å²) < 4.78 is 0. The van der Waals surface area contributed by atoms with E-state index in [2.05, 4.69) is 26.0 Å². The molecule has 0 heterocycles. The van der Waals surface area contributed by atoms with Gasteiger partial charge in [-0.15, -0.1) is 0 Å². The lowest BCUT2D eigenvalue weighted by Gasteiger charge is -2.03. The van der Waals surface area contributed by atoms with Crippen LogP contribution in [-0.2, 0) is 6.42 Å². The van der Waals surface area contributed by atoms with E-state index in [1.807, 2.05) is 12.1 Å². The summed E-state index contributed by atoms with van der Waals surface area (Å²) in [4.78, 5) is 11.9. The zero-order valence-corrected chi connectivity index (χ0v) is 11.9. The Balaban J connectivity index is 2.32. The quantitative estimate of drug-likeness (QED) is 0.433. The molecule has 1 heteroatoms. The molecule has 0 aliphatic carbocycles. The number of aryl methyl sites for hydroxylation is 1. The second kappa shape index (κ2) is 8.91. The molecule has 0 unspecified atom stereocenters. The maximum Gasteiger partial charge on any atom is 0.162 e. The van der Waals surface area contributed by atoms with Crippen molar-refractivity contribution in [3.63, 3.8) is 0 Å². The maximum atomic E-state index is 11.9. The molecule has 0 aliphatic rings. The molecule has 0 atom stereocenters. The standard InChI is InChI=1S/C17H26O/c1-3-5-6-7-8-10-17(18)16-13-11-15(9-4-2)12-14-16/h11-14H,3-10H2,1-2H3. The number of benzene rings is 1. The van der Waals surface area contributed by atoms with Gasteiger partial charge in [-0.2, -0.15) is 0 Å². The molecule has 0 fully saturated rings. The van der Waals surface area contributed by atoms with E-state index in [0.717, 1.165) is 24.8 Å². The minimum Gasteiger partial charge on any atom is -0.294 e. The largest absolute Gasteiger partial charge is 0.294 e. The Morgan fingerprint density at radius 1 is 0.889 bits per heavy atom. The number of ketones is 1. The van der Waals surface area contributed by atoms with Gasteiger partial charge in [0.1, 0.15) is 0 Å². The van der Waals surface area contributed by atoms with Crippen molar-refractivity contribution in [1.29, 1.82) is 0 Å². The van der Waals surface area contributed by atoms with Crippen LogP contribution in [0.3, 0.4) is 0 Å². The lowest BCUT2D eigenvalue weighted by molar-refractivity contribution is 0.0979. The zero-order valence-electron chi connectivity index (χ0n) is 11.9. The minimum absolute atomic E-state index is 0.301. The maximum absolute atomic E-state index is 11.9. The Bertz CT molecular complexity index is 337. The molecule has 1 rings (SSSR count). The average Bonchev–Trinajstić information content (AvgIpc) is 2.39. The Labute approximate surface area is 112 Å². The van der Waals surface area contributed by atoms with Crippen molar-refractivity contribution in [2.45, 2.75) is 65.2 Å². The molecular formula is C17H26O. The van der Waals surface area contributed by atoms with Gasteiger partial charge in [0.05, 0.1) is 0 Å². The summed E-state index contributed by atoms with van der Waals surface area (Å²) in [7, 11) is 0. The molecule has 0 radical (unpaired) electrons. The molecule has 18 heavy (non-hydrogen) atoms. The van der Waals surface area contributed by atoms with Gasteiger partial charge in [0, 0.05) is 12.0 Å². The lowest BCUT2D eigenvalue weighted by Crippen LogP contribution is -1.99. The fraction of sp³-hybridized carbons (Fsp3) is 0.588. The number of hydrogen-bond acceptors (Lipinski definition) is 1. The Kier molecular flexibility index (Phi) is 7.40. The first-order valence-corrected chi connectivity index (χ1v) is 7.40. The van der Waals surface area contributed by atoms with Crippen LogP contribution in [-0.4, -0.2) is 5.78 Å². The Hall–Kier alpha value is -1.11. The fourth-order valence-corrected chi connectivity index (χ4v) is 2.18. The van der Waals surface area contributed by atoms with E-state index in [1.165, 1.54) is 31.2 Å². The Morgan fingerprint density at radius 3 is 2.17 bits per heavy atom. The lowest BCUT2D eigenvalue weighted by atomic mass is 10.0. The summed E-state index contributed by atoms with van der Waals surface area (Å²) in [5, 5.41) is 0. The molecule has 0 aromatic heterocycles. The van der Waals surface area contributed by atoms with E-state index in [-0.39, 0.29) is 0 Å². The van der Waals surface area contributed by atoms with Crippen LogP contribution in [0, 0.1) is 0 Å². The summed E-state index contributed by atoms with van der Waals surface area (Å²) >= 11 is 0. The molecule has 100 valence electrons. The molecule has 0 bridgehead atoms. The smallest absolute Gasteiger partial charge is 0.162 e. The summed E-state index contributed by atoms with van der Waals surface area (Å²) in [5.74, 6) is 0.301. The average molecular weight is 246 g/mol. The van der Waals surface area contributed by atoms with Crippen molar-refractivity contribution in [3.05, 3.63) is 35.4 Å². The zero-order chi connectivity index (χ0) is 13.2. The summed E-state index contributed by atoms with van der Waals surface area (Å²) in [6.07, 6.45) is 9.00. The van der Waals surface area contributed by atoms with Crippen LogP contribution in [0.1, 0.15) is 74.7 Å². The monoisotopic (exact) mass is 246 g/mol. The molecule has 0 saturated carbocycles. The summed E-state index contributed by atoms with van der Waals surface area (Å²) in [6, 6.07) is 8.15. The summed E-state index contributed by atoms with van der Waals surface area (Å²) in [5.41, 5.74) is 2.21. The molecule has 0 aliphatic heterocycles. The number of hydrogen-bond donors (Lipinski definition) is 0. The third kappa shape index (κ3) is 5.48. The fourth-order valence-electron chi connectivity index (χ4n) is 2.18. The first-order chi connectivity index (χ1) is 8.77. The van der Waals surface area contributed by atoms with Crippen LogP contribution in [0.4, 0.5) is 0 Å². The molecule has 0 N–H and O–H groups in total. The minimum atomic E-state index is 0.301. The van der Waals surface area contributed by atoms with Crippen molar-refractivity contribution in [1.82, 2.24) is 0 Å². The highest BCUT2D eigenvalue weighted by Gasteiger charge is 2.05. The van der Waals surface area contributed by atoms with Crippen LogP contribution in [0.15, 0.2) is 24.3 Å². The molecule has 1 nitrogen and oxygen atoms in total. The van der Waals surface area contributed by atoms with E-state index in [0.29, 0.717) is 12.2 Å². The van der Waals surface area contributed by atoms with E-state index < -0.39 is 0 Å². The summed E-state index contributed by atoms with van der Waals surface area (Å²) in [6.45, 7) is 4.39. The van der Waals surface area contributed by atoms with Crippen molar-refractivity contribution < 1.29 is 4.79 Å². The highest BCUT2D eigenvalue weighted by atomic mass is 16.1. The highest BCUT2D eigenvalue weighted by molar-refractivity contribution is 5.96. The van der Waals surface area contributed by atoms with Crippen molar-refractivity contribution in [2.75, 3.05) is 0 Å². The third-order valence-electron chi connectivity index (χ3n) is 3.32. The van der Waals surface area contributed by atoms with Crippen LogP contribution in [0.5, 0.6) is 0 Å². The second-order valence-corrected chi connectivity index (χ2v) is 5.03. The van der Waals surface area contributed by atoms with Crippen molar-refractivity contribution in [2.24, 2.45) is 0 Å². The van der Waals surface area contributed by atoms with Gasteiger partial charge in [-0.1, -0.05) is 70.2 Å². The van der Waals surface area contributed by atoms with Gasteiger partial charge >= 0.3 is 0 Å². The molecule has 1 aromatic carbocycles. The van der Waals surface area contributed by atoms with Gasteiger partial charge < -0.3 is 0 Å². The molecule has 0 spiro atoms.